The zero-order chi connectivity index (χ0) is 11.8. The van der Waals surface area contributed by atoms with Crippen LogP contribution in [0.15, 0.2) is 12.3 Å². The van der Waals surface area contributed by atoms with Gasteiger partial charge in [-0.05, 0) is 37.7 Å². The third-order valence-electron chi connectivity index (χ3n) is 3.34. The fourth-order valence-electron chi connectivity index (χ4n) is 2.08. The second kappa shape index (κ2) is 3.98. The van der Waals surface area contributed by atoms with Crippen molar-refractivity contribution in [1.29, 1.82) is 0 Å². The molecule has 0 saturated heterocycles. The largest absolute Gasteiger partial charge is 0.478 e. The Bertz CT molecular complexity index is 441. The summed E-state index contributed by atoms with van der Waals surface area (Å²) in [5.74, 6) is 0.352. The summed E-state index contributed by atoms with van der Waals surface area (Å²) in [4.78, 5) is 13.3. The molecule has 0 bridgehead atoms. The number of nitrogens with zero attached hydrogens (tertiary/aromatic N) is 3. The first-order valence-corrected chi connectivity index (χ1v) is 6.07. The average molecular weight is 233 g/mol. The highest BCUT2D eigenvalue weighted by molar-refractivity contribution is 5.93. The molecule has 2 fully saturated rings. The van der Waals surface area contributed by atoms with Gasteiger partial charge in [0.25, 0.3) is 0 Å². The first kappa shape index (κ1) is 10.5. The van der Waals surface area contributed by atoms with Crippen molar-refractivity contribution in [3.8, 4) is 0 Å². The van der Waals surface area contributed by atoms with E-state index in [1.54, 1.807) is 0 Å². The Morgan fingerprint density at radius 3 is 2.76 bits per heavy atom. The van der Waals surface area contributed by atoms with Crippen molar-refractivity contribution in [2.45, 2.75) is 31.7 Å². The van der Waals surface area contributed by atoms with Crippen LogP contribution in [0, 0.1) is 5.92 Å². The first-order chi connectivity index (χ1) is 8.25. The Labute approximate surface area is 99.5 Å². The molecule has 0 radical (unpaired) electrons. The summed E-state index contributed by atoms with van der Waals surface area (Å²) in [7, 11) is 0. The fourth-order valence-corrected chi connectivity index (χ4v) is 2.08. The van der Waals surface area contributed by atoms with Gasteiger partial charge in [0, 0.05) is 12.6 Å². The molecule has 0 aliphatic heterocycles. The van der Waals surface area contributed by atoms with Crippen LogP contribution in [0.3, 0.4) is 0 Å². The second-order valence-electron chi connectivity index (χ2n) is 4.90. The van der Waals surface area contributed by atoms with Crippen LogP contribution < -0.4 is 4.90 Å². The summed E-state index contributed by atoms with van der Waals surface area (Å²) in [6.45, 7) is 0.934. The Kier molecular flexibility index (Phi) is 2.46. The van der Waals surface area contributed by atoms with Crippen molar-refractivity contribution >= 4 is 11.8 Å². The molecule has 0 amide bonds. The summed E-state index contributed by atoms with van der Waals surface area (Å²) in [6, 6.07) is 2.01. The summed E-state index contributed by atoms with van der Waals surface area (Å²) in [5.41, 5.74) is 0.271. The standard InChI is InChI=1S/C12H15N3O2/c16-12(17)10-5-6-13-14-11(10)15(9-3-4-9)7-8-1-2-8/h5-6,8-9H,1-4,7H2,(H,16,17). The molecular weight excluding hydrogens is 218 g/mol. The molecule has 2 saturated carbocycles. The van der Waals surface area contributed by atoms with E-state index in [0.29, 0.717) is 11.9 Å². The van der Waals surface area contributed by atoms with E-state index >= 15 is 0 Å². The molecule has 0 spiro atoms. The first-order valence-electron chi connectivity index (χ1n) is 6.07. The molecule has 1 N–H and O–H groups in total. The van der Waals surface area contributed by atoms with Gasteiger partial charge in [0.15, 0.2) is 5.82 Å². The van der Waals surface area contributed by atoms with Crippen LogP contribution in [0.1, 0.15) is 36.0 Å². The van der Waals surface area contributed by atoms with Crippen molar-refractivity contribution in [2.75, 3.05) is 11.4 Å². The van der Waals surface area contributed by atoms with E-state index in [-0.39, 0.29) is 5.56 Å². The van der Waals surface area contributed by atoms with E-state index in [0.717, 1.165) is 25.3 Å². The monoisotopic (exact) mass is 233 g/mol. The lowest BCUT2D eigenvalue weighted by atomic mass is 10.2. The number of aromatic carboxylic acids is 1. The van der Waals surface area contributed by atoms with Crippen molar-refractivity contribution < 1.29 is 9.90 Å². The normalized spacial score (nSPS) is 19.1. The molecule has 1 heterocycles. The van der Waals surface area contributed by atoms with Gasteiger partial charge in [0.2, 0.25) is 0 Å². The van der Waals surface area contributed by atoms with Crippen LogP contribution in [-0.4, -0.2) is 33.9 Å². The molecule has 0 unspecified atom stereocenters. The number of carbonyl (C=O) groups is 1. The van der Waals surface area contributed by atoms with E-state index in [4.69, 9.17) is 0 Å². The maximum Gasteiger partial charge on any atom is 0.339 e. The minimum absolute atomic E-state index is 0.271. The number of anilines is 1. The summed E-state index contributed by atoms with van der Waals surface area (Å²) in [5, 5.41) is 17.0. The topological polar surface area (TPSA) is 66.3 Å². The molecular formula is C12H15N3O2. The van der Waals surface area contributed by atoms with Gasteiger partial charge < -0.3 is 10.0 Å². The maximum absolute atomic E-state index is 11.2. The van der Waals surface area contributed by atoms with Gasteiger partial charge in [0.1, 0.15) is 5.56 Å². The van der Waals surface area contributed by atoms with Gasteiger partial charge in [-0.2, -0.15) is 5.10 Å². The highest BCUT2D eigenvalue weighted by Gasteiger charge is 2.36. The molecule has 2 aliphatic carbocycles. The average Bonchev–Trinajstić information content (AvgIpc) is 3.17. The third kappa shape index (κ3) is 2.23. The molecule has 17 heavy (non-hydrogen) atoms. The summed E-state index contributed by atoms with van der Waals surface area (Å²) >= 11 is 0. The fraction of sp³-hybridized carbons (Fsp3) is 0.583. The third-order valence-corrected chi connectivity index (χ3v) is 3.34. The minimum Gasteiger partial charge on any atom is -0.478 e. The van der Waals surface area contributed by atoms with Crippen molar-refractivity contribution in [3.05, 3.63) is 17.8 Å². The van der Waals surface area contributed by atoms with E-state index in [2.05, 4.69) is 15.1 Å². The minimum atomic E-state index is -0.920. The molecule has 5 heteroatoms. The van der Waals surface area contributed by atoms with Crippen LogP contribution in [-0.2, 0) is 0 Å². The Morgan fingerprint density at radius 2 is 2.18 bits per heavy atom. The van der Waals surface area contributed by atoms with Crippen LogP contribution in [0.25, 0.3) is 0 Å². The number of carboxylic acids is 1. The lowest BCUT2D eigenvalue weighted by Crippen LogP contribution is -2.30. The van der Waals surface area contributed by atoms with Gasteiger partial charge in [-0.25, -0.2) is 4.79 Å². The Hall–Kier alpha value is -1.65. The Balaban J connectivity index is 1.90. The van der Waals surface area contributed by atoms with Crippen LogP contribution in [0.2, 0.25) is 0 Å². The van der Waals surface area contributed by atoms with Gasteiger partial charge >= 0.3 is 5.97 Å². The van der Waals surface area contributed by atoms with E-state index in [1.807, 2.05) is 0 Å². The molecule has 5 nitrogen and oxygen atoms in total. The molecule has 0 aromatic carbocycles. The van der Waals surface area contributed by atoms with E-state index in [1.165, 1.54) is 25.1 Å². The molecule has 0 atom stereocenters. The summed E-state index contributed by atoms with van der Waals surface area (Å²) < 4.78 is 0. The van der Waals surface area contributed by atoms with Crippen molar-refractivity contribution in [3.63, 3.8) is 0 Å². The van der Waals surface area contributed by atoms with Crippen LogP contribution >= 0.6 is 0 Å². The lowest BCUT2D eigenvalue weighted by molar-refractivity contribution is 0.0697. The number of aromatic nitrogens is 2. The van der Waals surface area contributed by atoms with E-state index < -0.39 is 5.97 Å². The van der Waals surface area contributed by atoms with Crippen molar-refractivity contribution in [1.82, 2.24) is 10.2 Å². The van der Waals surface area contributed by atoms with Gasteiger partial charge in [-0.1, -0.05) is 0 Å². The quantitative estimate of drug-likeness (QED) is 0.835. The molecule has 90 valence electrons. The number of hydrogen-bond acceptors (Lipinski definition) is 4. The number of rotatable bonds is 5. The predicted molar refractivity (Wildman–Crippen MR) is 62.1 cm³/mol. The zero-order valence-corrected chi connectivity index (χ0v) is 9.54. The number of carboxylic acid groups (broad SMARTS) is 1. The molecule has 3 rings (SSSR count). The smallest absolute Gasteiger partial charge is 0.339 e. The second-order valence-corrected chi connectivity index (χ2v) is 4.90. The van der Waals surface area contributed by atoms with Gasteiger partial charge in [-0.3, -0.25) is 0 Å². The SMILES string of the molecule is O=C(O)c1ccnnc1N(CC1CC1)C1CC1. The summed E-state index contributed by atoms with van der Waals surface area (Å²) in [6.07, 6.45) is 6.23. The highest BCUT2D eigenvalue weighted by Crippen LogP contribution is 2.37. The molecule has 1 aromatic heterocycles. The van der Waals surface area contributed by atoms with Gasteiger partial charge in [-0.15, -0.1) is 5.10 Å². The molecule has 2 aliphatic rings. The lowest BCUT2D eigenvalue weighted by Gasteiger charge is -2.23. The molecule has 1 aromatic rings. The van der Waals surface area contributed by atoms with Gasteiger partial charge in [0.05, 0.1) is 6.20 Å². The number of hydrogen-bond donors (Lipinski definition) is 1. The van der Waals surface area contributed by atoms with Crippen LogP contribution in [0.4, 0.5) is 5.82 Å². The van der Waals surface area contributed by atoms with E-state index in [9.17, 15) is 9.90 Å². The highest BCUT2D eigenvalue weighted by atomic mass is 16.4. The zero-order valence-electron chi connectivity index (χ0n) is 9.54. The van der Waals surface area contributed by atoms with Crippen molar-refractivity contribution in [2.24, 2.45) is 5.92 Å². The Morgan fingerprint density at radius 1 is 1.41 bits per heavy atom. The maximum atomic E-state index is 11.2. The van der Waals surface area contributed by atoms with Crippen LogP contribution in [0.5, 0.6) is 0 Å². The predicted octanol–water partition coefficient (Wildman–Crippen LogP) is 1.55.